The fourth-order valence-corrected chi connectivity index (χ4v) is 3.32. The van der Waals surface area contributed by atoms with E-state index in [0.717, 1.165) is 19.4 Å². The topological polar surface area (TPSA) is 76.3 Å². The van der Waals surface area contributed by atoms with Gasteiger partial charge in [-0.15, -0.1) is 0 Å². The van der Waals surface area contributed by atoms with E-state index in [1.54, 1.807) is 12.1 Å². The minimum atomic E-state index is -0.545. The lowest BCUT2D eigenvalue weighted by Gasteiger charge is -2.40. The second-order valence-corrected chi connectivity index (χ2v) is 6.55. The van der Waals surface area contributed by atoms with Gasteiger partial charge in [-0.3, -0.25) is 14.6 Å². The van der Waals surface area contributed by atoms with Crippen molar-refractivity contribution >= 4 is 11.8 Å². The molecule has 124 valence electrons. The molecule has 1 fully saturated rings. The molecule has 1 aromatic heterocycles. The first kappa shape index (κ1) is 16.2. The molecule has 1 saturated heterocycles. The predicted molar refractivity (Wildman–Crippen MR) is 91.7 cm³/mol. The van der Waals surface area contributed by atoms with Crippen molar-refractivity contribution in [3.63, 3.8) is 0 Å². The van der Waals surface area contributed by atoms with Gasteiger partial charge in [-0.25, -0.2) is 0 Å². The monoisotopic (exact) mass is 323 g/mol. The van der Waals surface area contributed by atoms with Crippen LogP contribution in [-0.4, -0.2) is 34.8 Å². The number of benzene rings is 1. The minimum Gasteiger partial charge on any atom is -0.366 e. The molecule has 2 aromatic rings. The number of carbonyl (C=O) groups excluding carboxylic acids is 2. The Labute approximate surface area is 141 Å². The van der Waals surface area contributed by atoms with Crippen LogP contribution in [0, 0.1) is 0 Å². The number of pyridine rings is 1. The van der Waals surface area contributed by atoms with Crippen molar-refractivity contribution < 1.29 is 9.59 Å². The molecule has 1 atom stereocenters. The fraction of sp³-hybridized carbons (Fsp3) is 0.316. The molecule has 2 heterocycles. The van der Waals surface area contributed by atoms with Gasteiger partial charge in [0.1, 0.15) is 5.69 Å². The van der Waals surface area contributed by atoms with Crippen LogP contribution in [0.3, 0.4) is 0 Å². The van der Waals surface area contributed by atoms with Gasteiger partial charge in [0.05, 0.1) is 5.56 Å². The van der Waals surface area contributed by atoms with Crippen molar-refractivity contribution in [3.8, 4) is 0 Å². The lowest BCUT2D eigenvalue weighted by atomic mass is 9.76. The molecule has 1 aromatic carbocycles. The van der Waals surface area contributed by atoms with Crippen LogP contribution in [0.5, 0.6) is 0 Å². The normalized spacial score (nSPS) is 20.6. The van der Waals surface area contributed by atoms with Crippen LogP contribution in [0.15, 0.2) is 48.7 Å². The molecule has 2 amide bonds. The van der Waals surface area contributed by atoms with E-state index < -0.39 is 5.91 Å². The summed E-state index contributed by atoms with van der Waals surface area (Å²) in [5.74, 6) is -0.649. The van der Waals surface area contributed by atoms with Crippen molar-refractivity contribution in [1.29, 1.82) is 0 Å². The largest absolute Gasteiger partial charge is 0.366 e. The summed E-state index contributed by atoms with van der Waals surface area (Å²) in [4.78, 5) is 29.8. The van der Waals surface area contributed by atoms with Crippen LogP contribution in [0.4, 0.5) is 0 Å². The molecule has 1 aliphatic heterocycles. The molecule has 0 aliphatic carbocycles. The number of aromatic nitrogens is 1. The number of primary amides is 1. The second-order valence-electron chi connectivity index (χ2n) is 6.55. The fourth-order valence-electron chi connectivity index (χ4n) is 3.32. The number of nitrogens with two attached hydrogens (primary N) is 1. The second kappa shape index (κ2) is 6.43. The lowest BCUT2D eigenvalue weighted by Crippen LogP contribution is -2.47. The van der Waals surface area contributed by atoms with Crippen LogP contribution in [-0.2, 0) is 5.41 Å². The highest BCUT2D eigenvalue weighted by Crippen LogP contribution is 2.33. The Morgan fingerprint density at radius 2 is 1.92 bits per heavy atom. The number of piperidine rings is 1. The first-order valence-electron chi connectivity index (χ1n) is 8.10. The highest BCUT2D eigenvalue weighted by Gasteiger charge is 2.35. The Kier molecular flexibility index (Phi) is 4.34. The van der Waals surface area contributed by atoms with Crippen LogP contribution in [0.2, 0.25) is 0 Å². The standard InChI is InChI=1S/C19H21N3O2/c1-19(15-6-3-2-4-7-15)10-5-11-22(13-19)18(24)16-9-8-14(12-21-16)17(20)23/h2-4,6-9,12H,5,10-11,13H2,1H3,(H2,20,23). The van der Waals surface area contributed by atoms with Crippen molar-refractivity contribution in [3.05, 3.63) is 65.5 Å². The Morgan fingerprint density at radius 1 is 1.17 bits per heavy atom. The molecule has 24 heavy (non-hydrogen) atoms. The zero-order valence-electron chi connectivity index (χ0n) is 13.7. The van der Waals surface area contributed by atoms with E-state index in [-0.39, 0.29) is 11.3 Å². The van der Waals surface area contributed by atoms with Crippen molar-refractivity contribution in [1.82, 2.24) is 9.88 Å². The number of likely N-dealkylation sites (tertiary alicyclic amines) is 1. The van der Waals surface area contributed by atoms with Crippen LogP contribution >= 0.6 is 0 Å². The van der Waals surface area contributed by atoms with E-state index >= 15 is 0 Å². The lowest BCUT2D eigenvalue weighted by molar-refractivity contribution is 0.0644. The molecule has 1 unspecified atom stereocenters. The van der Waals surface area contributed by atoms with Gasteiger partial charge in [-0.05, 0) is 30.5 Å². The minimum absolute atomic E-state index is 0.0532. The maximum Gasteiger partial charge on any atom is 0.272 e. The Hall–Kier alpha value is -2.69. The number of rotatable bonds is 3. The summed E-state index contributed by atoms with van der Waals surface area (Å²) in [6.07, 6.45) is 3.36. The third-order valence-electron chi connectivity index (χ3n) is 4.72. The van der Waals surface area contributed by atoms with Crippen LogP contribution in [0.25, 0.3) is 0 Å². The number of hydrogen-bond acceptors (Lipinski definition) is 3. The first-order valence-corrected chi connectivity index (χ1v) is 8.10. The third kappa shape index (κ3) is 3.15. The summed E-state index contributed by atoms with van der Waals surface area (Å²) in [6, 6.07) is 13.4. The van der Waals surface area contributed by atoms with Crippen molar-refractivity contribution in [2.45, 2.75) is 25.2 Å². The molecular weight excluding hydrogens is 302 g/mol. The zero-order valence-corrected chi connectivity index (χ0v) is 13.7. The molecule has 0 spiro atoms. The number of carbonyl (C=O) groups is 2. The van der Waals surface area contributed by atoms with Gasteiger partial charge in [0.2, 0.25) is 5.91 Å². The van der Waals surface area contributed by atoms with Gasteiger partial charge in [0.25, 0.3) is 5.91 Å². The number of hydrogen-bond donors (Lipinski definition) is 1. The van der Waals surface area contributed by atoms with E-state index in [1.165, 1.54) is 11.8 Å². The smallest absolute Gasteiger partial charge is 0.272 e. The molecule has 5 nitrogen and oxygen atoms in total. The van der Waals surface area contributed by atoms with Crippen LogP contribution < -0.4 is 5.73 Å². The number of nitrogens with zero attached hydrogens (tertiary/aromatic N) is 2. The molecule has 0 radical (unpaired) electrons. The molecule has 1 aliphatic rings. The maximum atomic E-state index is 12.7. The van der Waals surface area contributed by atoms with E-state index in [9.17, 15) is 9.59 Å². The highest BCUT2D eigenvalue weighted by atomic mass is 16.2. The Balaban J connectivity index is 1.79. The van der Waals surface area contributed by atoms with E-state index in [0.29, 0.717) is 17.8 Å². The van der Waals surface area contributed by atoms with Crippen molar-refractivity contribution in [2.24, 2.45) is 5.73 Å². The molecular formula is C19H21N3O2. The highest BCUT2D eigenvalue weighted by molar-refractivity contribution is 5.95. The summed E-state index contributed by atoms with van der Waals surface area (Å²) < 4.78 is 0. The SMILES string of the molecule is CC1(c2ccccc2)CCCN(C(=O)c2ccc(C(N)=O)cn2)C1. The molecule has 5 heteroatoms. The van der Waals surface area contributed by atoms with Gasteiger partial charge >= 0.3 is 0 Å². The summed E-state index contributed by atoms with van der Waals surface area (Å²) in [6.45, 7) is 3.58. The van der Waals surface area contributed by atoms with Crippen molar-refractivity contribution in [2.75, 3.05) is 13.1 Å². The molecule has 0 bridgehead atoms. The zero-order chi connectivity index (χ0) is 17.2. The van der Waals surface area contributed by atoms with Gasteiger partial charge in [-0.1, -0.05) is 37.3 Å². The van der Waals surface area contributed by atoms with Gasteiger partial charge < -0.3 is 10.6 Å². The van der Waals surface area contributed by atoms with Gasteiger partial charge in [-0.2, -0.15) is 0 Å². The molecule has 0 saturated carbocycles. The number of amides is 2. The molecule has 2 N–H and O–H groups in total. The predicted octanol–water partition coefficient (Wildman–Crippen LogP) is 2.37. The average molecular weight is 323 g/mol. The molecule has 3 rings (SSSR count). The Bertz CT molecular complexity index is 743. The quantitative estimate of drug-likeness (QED) is 0.942. The van der Waals surface area contributed by atoms with Gasteiger partial charge in [0, 0.05) is 24.7 Å². The summed E-state index contributed by atoms with van der Waals surface area (Å²) in [5, 5.41) is 0. The van der Waals surface area contributed by atoms with Crippen LogP contribution in [0.1, 0.15) is 46.2 Å². The Morgan fingerprint density at radius 3 is 2.54 bits per heavy atom. The summed E-state index contributed by atoms with van der Waals surface area (Å²) >= 11 is 0. The average Bonchev–Trinajstić information content (AvgIpc) is 2.62. The third-order valence-corrected chi connectivity index (χ3v) is 4.72. The van der Waals surface area contributed by atoms with E-state index in [2.05, 4.69) is 24.0 Å². The first-order chi connectivity index (χ1) is 11.5. The summed E-state index contributed by atoms with van der Waals surface area (Å²) in [5.41, 5.74) is 7.05. The van der Waals surface area contributed by atoms with Gasteiger partial charge in [0.15, 0.2) is 0 Å². The maximum absolute atomic E-state index is 12.7. The summed E-state index contributed by atoms with van der Waals surface area (Å²) in [7, 11) is 0. The van der Waals surface area contributed by atoms with E-state index in [4.69, 9.17) is 5.73 Å². The van der Waals surface area contributed by atoms with E-state index in [1.807, 2.05) is 23.1 Å².